The van der Waals surface area contributed by atoms with Crippen LogP contribution in [0.15, 0.2) is 16.9 Å². The van der Waals surface area contributed by atoms with Gasteiger partial charge < -0.3 is 10.3 Å². The highest BCUT2D eigenvalue weighted by molar-refractivity contribution is 7.16. The van der Waals surface area contributed by atoms with Gasteiger partial charge in [0, 0.05) is 6.54 Å². The van der Waals surface area contributed by atoms with Crippen molar-refractivity contribution in [1.82, 2.24) is 10.3 Å². The van der Waals surface area contributed by atoms with Crippen molar-refractivity contribution in [1.29, 1.82) is 0 Å². The van der Waals surface area contributed by atoms with Gasteiger partial charge in [-0.1, -0.05) is 17.4 Å². The van der Waals surface area contributed by atoms with Crippen LogP contribution in [-0.4, -0.2) is 11.5 Å². The lowest BCUT2D eigenvalue weighted by molar-refractivity contribution is 0.647. The minimum atomic E-state index is 0.0407. The number of fused-ring (bicyclic) bond motifs is 3. The number of H-pyrrole nitrogens is 1. The quantitative estimate of drug-likeness (QED) is 0.681. The standard InChI is InChI=1S/C10H10N2OS/c13-10-12-9-7-5-11-4-3-6(7)1-2-8(9)14-10/h1-2,11H,3-5H2,(H,12,13). The van der Waals surface area contributed by atoms with Crippen LogP contribution in [0.5, 0.6) is 0 Å². The molecular formula is C10H10N2OS. The monoisotopic (exact) mass is 206 g/mol. The molecule has 14 heavy (non-hydrogen) atoms. The molecule has 2 N–H and O–H groups in total. The third kappa shape index (κ3) is 1.11. The van der Waals surface area contributed by atoms with Gasteiger partial charge >= 0.3 is 4.87 Å². The third-order valence-electron chi connectivity index (χ3n) is 2.67. The highest BCUT2D eigenvalue weighted by Gasteiger charge is 2.13. The van der Waals surface area contributed by atoms with Crippen LogP contribution in [0.1, 0.15) is 11.1 Å². The van der Waals surface area contributed by atoms with Gasteiger partial charge in [-0.3, -0.25) is 4.79 Å². The third-order valence-corrected chi connectivity index (χ3v) is 3.52. The Balaban J connectivity index is 2.39. The first-order valence-electron chi connectivity index (χ1n) is 4.69. The molecule has 0 radical (unpaired) electrons. The van der Waals surface area contributed by atoms with Crippen molar-refractivity contribution in [3.8, 4) is 0 Å². The zero-order valence-corrected chi connectivity index (χ0v) is 8.41. The molecule has 0 saturated carbocycles. The van der Waals surface area contributed by atoms with Gasteiger partial charge in [-0.15, -0.1) is 0 Å². The lowest BCUT2D eigenvalue weighted by Crippen LogP contribution is -2.23. The summed E-state index contributed by atoms with van der Waals surface area (Å²) in [5, 5.41) is 3.32. The largest absolute Gasteiger partial charge is 0.312 e. The summed E-state index contributed by atoms with van der Waals surface area (Å²) in [6.07, 6.45) is 1.06. The number of benzene rings is 1. The van der Waals surface area contributed by atoms with Crippen molar-refractivity contribution in [3.63, 3.8) is 0 Å². The Bertz CT molecular complexity index is 541. The van der Waals surface area contributed by atoms with Crippen LogP contribution in [0.3, 0.4) is 0 Å². The smallest absolute Gasteiger partial charge is 0.305 e. The summed E-state index contributed by atoms with van der Waals surface area (Å²) in [5.74, 6) is 0. The second-order valence-corrected chi connectivity index (χ2v) is 4.53. The summed E-state index contributed by atoms with van der Waals surface area (Å²) in [5.41, 5.74) is 3.67. The van der Waals surface area contributed by atoms with Crippen LogP contribution in [0, 0.1) is 0 Å². The van der Waals surface area contributed by atoms with Crippen molar-refractivity contribution >= 4 is 21.6 Å². The SMILES string of the molecule is O=c1[nH]c2c3c(ccc2s1)CCNC3. The number of hydrogen-bond donors (Lipinski definition) is 2. The topological polar surface area (TPSA) is 44.9 Å². The van der Waals surface area contributed by atoms with Crippen molar-refractivity contribution < 1.29 is 0 Å². The molecule has 0 amide bonds. The molecule has 3 rings (SSSR count). The molecule has 1 aromatic carbocycles. The van der Waals surface area contributed by atoms with Gasteiger partial charge in [0.25, 0.3) is 0 Å². The fourth-order valence-corrected chi connectivity index (χ4v) is 2.76. The minimum absolute atomic E-state index is 0.0407. The van der Waals surface area contributed by atoms with Crippen LogP contribution in [-0.2, 0) is 13.0 Å². The molecule has 0 atom stereocenters. The Morgan fingerprint density at radius 3 is 3.21 bits per heavy atom. The Labute approximate surface area is 84.8 Å². The molecule has 72 valence electrons. The van der Waals surface area contributed by atoms with Gasteiger partial charge in [-0.2, -0.15) is 0 Å². The van der Waals surface area contributed by atoms with Gasteiger partial charge in [-0.05, 0) is 30.2 Å². The van der Waals surface area contributed by atoms with E-state index in [-0.39, 0.29) is 4.87 Å². The molecule has 1 aliphatic rings. The second-order valence-electron chi connectivity index (χ2n) is 3.52. The molecule has 0 bridgehead atoms. The highest BCUT2D eigenvalue weighted by atomic mass is 32.1. The fraction of sp³-hybridized carbons (Fsp3) is 0.300. The molecule has 4 heteroatoms. The Hall–Kier alpha value is -1.13. The van der Waals surface area contributed by atoms with E-state index in [1.54, 1.807) is 0 Å². The van der Waals surface area contributed by atoms with Crippen molar-refractivity contribution in [2.75, 3.05) is 6.54 Å². The van der Waals surface area contributed by atoms with Crippen LogP contribution in [0.25, 0.3) is 10.2 Å². The van der Waals surface area contributed by atoms with E-state index in [0.717, 1.165) is 29.7 Å². The first-order chi connectivity index (χ1) is 6.84. The van der Waals surface area contributed by atoms with Crippen LogP contribution >= 0.6 is 11.3 Å². The fourth-order valence-electron chi connectivity index (χ4n) is 1.99. The van der Waals surface area contributed by atoms with Crippen molar-refractivity contribution in [2.45, 2.75) is 13.0 Å². The molecule has 0 spiro atoms. The van der Waals surface area contributed by atoms with E-state index in [4.69, 9.17) is 0 Å². The molecule has 2 aromatic rings. The van der Waals surface area contributed by atoms with E-state index in [0.29, 0.717) is 0 Å². The molecule has 1 aliphatic heterocycles. The maximum absolute atomic E-state index is 11.2. The Kier molecular flexibility index (Phi) is 1.72. The molecule has 3 nitrogen and oxygen atoms in total. The number of rotatable bonds is 0. The number of aromatic amines is 1. The molecule has 0 saturated heterocycles. The van der Waals surface area contributed by atoms with Gasteiger partial charge in [0.05, 0.1) is 10.2 Å². The lowest BCUT2D eigenvalue weighted by atomic mass is 10.0. The number of nitrogens with one attached hydrogen (secondary N) is 2. The molecule has 0 aliphatic carbocycles. The highest BCUT2D eigenvalue weighted by Crippen LogP contribution is 2.24. The van der Waals surface area contributed by atoms with E-state index in [1.165, 1.54) is 22.5 Å². The molecular weight excluding hydrogens is 196 g/mol. The second kappa shape index (κ2) is 2.93. The summed E-state index contributed by atoms with van der Waals surface area (Å²) in [6.45, 7) is 1.91. The number of thiazole rings is 1. The molecule has 1 aromatic heterocycles. The van der Waals surface area contributed by atoms with Gasteiger partial charge in [0.2, 0.25) is 0 Å². The maximum atomic E-state index is 11.2. The molecule has 2 heterocycles. The number of aromatic nitrogens is 1. The normalized spacial score (nSPS) is 15.7. The lowest BCUT2D eigenvalue weighted by Gasteiger charge is -2.16. The zero-order valence-electron chi connectivity index (χ0n) is 7.59. The summed E-state index contributed by atoms with van der Waals surface area (Å²) in [7, 11) is 0. The average Bonchev–Trinajstić information content (AvgIpc) is 2.59. The summed E-state index contributed by atoms with van der Waals surface area (Å²) in [6, 6.07) is 4.18. The Morgan fingerprint density at radius 1 is 1.36 bits per heavy atom. The van der Waals surface area contributed by atoms with E-state index in [2.05, 4.69) is 16.4 Å². The van der Waals surface area contributed by atoms with Crippen LogP contribution in [0.4, 0.5) is 0 Å². The summed E-state index contributed by atoms with van der Waals surface area (Å²) in [4.78, 5) is 14.2. The first-order valence-corrected chi connectivity index (χ1v) is 5.50. The van der Waals surface area contributed by atoms with Crippen molar-refractivity contribution in [3.05, 3.63) is 32.9 Å². The van der Waals surface area contributed by atoms with Gasteiger partial charge in [-0.25, -0.2) is 0 Å². The van der Waals surface area contributed by atoms with Crippen LogP contribution < -0.4 is 10.2 Å². The van der Waals surface area contributed by atoms with E-state index < -0.39 is 0 Å². The zero-order chi connectivity index (χ0) is 9.54. The molecule has 0 unspecified atom stereocenters. The average molecular weight is 206 g/mol. The van der Waals surface area contributed by atoms with E-state index in [1.807, 2.05) is 6.07 Å². The van der Waals surface area contributed by atoms with Gasteiger partial charge in [0.15, 0.2) is 0 Å². The van der Waals surface area contributed by atoms with Crippen molar-refractivity contribution in [2.24, 2.45) is 0 Å². The van der Waals surface area contributed by atoms with E-state index in [9.17, 15) is 4.79 Å². The summed E-state index contributed by atoms with van der Waals surface area (Å²) >= 11 is 1.29. The maximum Gasteiger partial charge on any atom is 0.305 e. The minimum Gasteiger partial charge on any atom is -0.312 e. The first kappa shape index (κ1) is 8.20. The summed E-state index contributed by atoms with van der Waals surface area (Å²) < 4.78 is 1.07. The van der Waals surface area contributed by atoms with E-state index >= 15 is 0 Å². The predicted molar refractivity (Wildman–Crippen MR) is 57.9 cm³/mol. The Morgan fingerprint density at radius 2 is 2.29 bits per heavy atom. The number of hydrogen-bond acceptors (Lipinski definition) is 3. The predicted octanol–water partition coefficient (Wildman–Crippen LogP) is 1.24. The van der Waals surface area contributed by atoms with Crippen LogP contribution in [0.2, 0.25) is 0 Å². The molecule has 0 fully saturated rings. The van der Waals surface area contributed by atoms with Gasteiger partial charge in [0.1, 0.15) is 0 Å².